The van der Waals surface area contributed by atoms with Crippen LogP contribution in [0.5, 0.6) is 5.75 Å². The maximum Gasteiger partial charge on any atom is 0.410 e. The Bertz CT molecular complexity index is 614. The number of carbonyl (C=O) groups is 1. The van der Waals surface area contributed by atoms with Gasteiger partial charge in [0, 0.05) is 13.0 Å². The zero-order chi connectivity index (χ0) is 17.2. The predicted octanol–water partition coefficient (Wildman–Crippen LogP) is 3.12. The molecule has 0 radical (unpaired) electrons. The highest BCUT2D eigenvalue weighted by atomic mass is 19.1. The van der Waals surface area contributed by atoms with Gasteiger partial charge in [-0.25, -0.2) is 4.79 Å². The number of likely N-dealkylation sites (tertiary alicyclic amines) is 1. The second-order valence-corrected chi connectivity index (χ2v) is 6.30. The summed E-state index contributed by atoms with van der Waals surface area (Å²) in [5, 5.41) is 10.9. The standard InChI is InChI=1S/C15H19FN2O5/c1-15(2,3)23-14(19)17-8-7-10(9-17)22-12-6-4-5-11(16)13(12)18(20)21/h4-6,10H,7-9H2,1-3H3/t10-/m0/s1. The van der Waals surface area contributed by atoms with Crippen LogP contribution in [-0.4, -0.2) is 40.7 Å². The van der Waals surface area contributed by atoms with E-state index in [0.29, 0.717) is 13.0 Å². The molecule has 0 saturated carbocycles. The molecule has 23 heavy (non-hydrogen) atoms. The van der Waals surface area contributed by atoms with Gasteiger partial charge in [-0.15, -0.1) is 0 Å². The zero-order valence-corrected chi connectivity index (χ0v) is 13.2. The van der Waals surface area contributed by atoms with Crippen LogP contribution in [0.25, 0.3) is 0 Å². The second-order valence-electron chi connectivity index (χ2n) is 6.30. The van der Waals surface area contributed by atoms with Crippen molar-refractivity contribution in [3.05, 3.63) is 34.1 Å². The van der Waals surface area contributed by atoms with Crippen LogP contribution in [0.2, 0.25) is 0 Å². The molecule has 2 rings (SSSR count). The Balaban J connectivity index is 2.03. The quantitative estimate of drug-likeness (QED) is 0.629. The van der Waals surface area contributed by atoms with E-state index in [4.69, 9.17) is 9.47 Å². The third-order valence-corrected chi connectivity index (χ3v) is 3.22. The van der Waals surface area contributed by atoms with Crippen molar-refractivity contribution in [2.24, 2.45) is 0 Å². The lowest BCUT2D eigenvalue weighted by Gasteiger charge is -2.24. The molecule has 1 amide bonds. The Kier molecular flexibility index (Phi) is 4.72. The van der Waals surface area contributed by atoms with Gasteiger partial charge in [0.1, 0.15) is 11.7 Å². The van der Waals surface area contributed by atoms with E-state index in [1.807, 2.05) is 0 Å². The molecular formula is C15H19FN2O5. The molecule has 1 saturated heterocycles. The van der Waals surface area contributed by atoms with E-state index in [2.05, 4.69) is 0 Å². The fourth-order valence-electron chi connectivity index (χ4n) is 2.26. The van der Waals surface area contributed by atoms with E-state index in [1.165, 1.54) is 17.0 Å². The number of halogens is 1. The van der Waals surface area contributed by atoms with Crippen LogP contribution in [-0.2, 0) is 4.74 Å². The molecule has 1 aliphatic heterocycles. The highest BCUT2D eigenvalue weighted by Gasteiger charge is 2.32. The van der Waals surface area contributed by atoms with Crippen molar-refractivity contribution in [1.82, 2.24) is 4.90 Å². The number of para-hydroxylation sites is 1. The van der Waals surface area contributed by atoms with Crippen LogP contribution in [0.3, 0.4) is 0 Å². The van der Waals surface area contributed by atoms with E-state index in [9.17, 15) is 19.3 Å². The molecule has 0 unspecified atom stereocenters. The van der Waals surface area contributed by atoms with E-state index < -0.39 is 34.2 Å². The molecule has 1 atom stereocenters. The van der Waals surface area contributed by atoms with Gasteiger partial charge in [0.25, 0.3) is 0 Å². The molecule has 126 valence electrons. The van der Waals surface area contributed by atoms with Crippen molar-refractivity contribution >= 4 is 11.8 Å². The fourth-order valence-corrected chi connectivity index (χ4v) is 2.26. The monoisotopic (exact) mass is 326 g/mol. The number of hydrogen-bond acceptors (Lipinski definition) is 5. The molecule has 1 fully saturated rings. The Hall–Kier alpha value is -2.38. The average molecular weight is 326 g/mol. The number of nitro benzene ring substituents is 1. The summed E-state index contributed by atoms with van der Waals surface area (Å²) in [7, 11) is 0. The third kappa shape index (κ3) is 4.30. The predicted molar refractivity (Wildman–Crippen MR) is 79.9 cm³/mol. The van der Waals surface area contributed by atoms with Gasteiger partial charge >= 0.3 is 11.8 Å². The molecule has 0 aromatic heterocycles. The summed E-state index contributed by atoms with van der Waals surface area (Å²) in [5.74, 6) is -1.08. The SMILES string of the molecule is CC(C)(C)OC(=O)N1CC[C@H](Oc2cccc(F)c2[N+](=O)[O-])C1. The molecule has 0 aliphatic carbocycles. The van der Waals surface area contributed by atoms with Gasteiger partial charge in [0.2, 0.25) is 11.6 Å². The molecule has 0 bridgehead atoms. The molecule has 1 aromatic rings. The number of carbonyl (C=O) groups excluding carboxylic acids is 1. The zero-order valence-electron chi connectivity index (χ0n) is 13.2. The molecule has 0 spiro atoms. The summed E-state index contributed by atoms with van der Waals surface area (Å²) in [5.41, 5.74) is -1.29. The minimum Gasteiger partial charge on any atom is -0.481 e. The number of nitrogens with zero attached hydrogens (tertiary/aromatic N) is 2. The number of ether oxygens (including phenoxy) is 2. The van der Waals surface area contributed by atoms with Gasteiger partial charge < -0.3 is 14.4 Å². The minimum absolute atomic E-state index is 0.133. The minimum atomic E-state index is -0.950. The van der Waals surface area contributed by atoms with Gasteiger partial charge in [-0.3, -0.25) is 10.1 Å². The Morgan fingerprint density at radius 2 is 2.13 bits per heavy atom. The summed E-state index contributed by atoms with van der Waals surface area (Å²) in [4.78, 5) is 23.6. The molecule has 0 N–H and O–H groups in total. The van der Waals surface area contributed by atoms with Gasteiger partial charge in [-0.2, -0.15) is 4.39 Å². The van der Waals surface area contributed by atoms with E-state index in [1.54, 1.807) is 20.8 Å². The van der Waals surface area contributed by atoms with Crippen molar-refractivity contribution in [3.63, 3.8) is 0 Å². The van der Waals surface area contributed by atoms with Crippen molar-refractivity contribution < 1.29 is 23.6 Å². The summed E-state index contributed by atoms with van der Waals surface area (Å²) in [6, 6.07) is 3.70. The van der Waals surface area contributed by atoms with Crippen LogP contribution in [0.4, 0.5) is 14.9 Å². The highest BCUT2D eigenvalue weighted by molar-refractivity contribution is 5.68. The number of nitro groups is 1. The maximum absolute atomic E-state index is 13.6. The van der Waals surface area contributed by atoms with Crippen molar-refractivity contribution in [2.75, 3.05) is 13.1 Å². The molecule has 7 nitrogen and oxygen atoms in total. The third-order valence-electron chi connectivity index (χ3n) is 3.22. The first kappa shape index (κ1) is 17.0. The number of benzene rings is 1. The number of rotatable bonds is 3. The normalized spacial score (nSPS) is 17.9. The lowest BCUT2D eigenvalue weighted by molar-refractivity contribution is -0.388. The first-order chi connectivity index (χ1) is 10.7. The lowest BCUT2D eigenvalue weighted by atomic mass is 10.2. The molecule has 8 heteroatoms. The lowest BCUT2D eigenvalue weighted by Crippen LogP contribution is -2.36. The Labute approximate surface area is 133 Å². The summed E-state index contributed by atoms with van der Waals surface area (Å²) in [6.45, 7) is 5.96. The molecule has 1 aromatic carbocycles. The van der Waals surface area contributed by atoms with Crippen LogP contribution in [0, 0.1) is 15.9 Å². The van der Waals surface area contributed by atoms with Crippen LogP contribution in [0.1, 0.15) is 27.2 Å². The van der Waals surface area contributed by atoms with E-state index >= 15 is 0 Å². The molecular weight excluding hydrogens is 307 g/mol. The van der Waals surface area contributed by atoms with Crippen LogP contribution in [0.15, 0.2) is 18.2 Å². The van der Waals surface area contributed by atoms with Gasteiger partial charge in [0.05, 0.1) is 11.5 Å². The number of hydrogen-bond donors (Lipinski definition) is 0. The largest absolute Gasteiger partial charge is 0.481 e. The van der Waals surface area contributed by atoms with E-state index in [0.717, 1.165) is 6.07 Å². The molecule has 1 aliphatic rings. The Morgan fingerprint density at radius 3 is 2.74 bits per heavy atom. The second kappa shape index (κ2) is 6.39. The van der Waals surface area contributed by atoms with Crippen LogP contribution < -0.4 is 4.74 Å². The summed E-state index contributed by atoms with van der Waals surface area (Å²) in [6.07, 6.45) is -0.409. The van der Waals surface area contributed by atoms with Crippen molar-refractivity contribution in [1.29, 1.82) is 0 Å². The first-order valence-electron chi connectivity index (χ1n) is 7.25. The van der Waals surface area contributed by atoms with Gasteiger partial charge in [-0.1, -0.05) is 6.07 Å². The summed E-state index contributed by atoms with van der Waals surface area (Å²) < 4.78 is 24.4. The topological polar surface area (TPSA) is 81.9 Å². The van der Waals surface area contributed by atoms with Crippen molar-refractivity contribution in [2.45, 2.75) is 38.9 Å². The smallest absolute Gasteiger partial charge is 0.410 e. The maximum atomic E-state index is 13.6. The Morgan fingerprint density at radius 1 is 1.43 bits per heavy atom. The van der Waals surface area contributed by atoms with Crippen molar-refractivity contribution in [3.8, 4) is 5.75 Å². The number of amides is 1. The summed E-state index contributed by atoms with van der Waals surface area (Å²) >= 11 is 0. The van der Waals surface area contributed by atoms with Gasteiger partial charge in [0.15, 0.2) is 0 Å². The van der Waals surface area contributed by atoms with E-state index in [-0.39, 0.29) is 12.3 Å². The average Bonchev–Trinajstić information content (AvgIpc) is 2.85. The molecule has 1 heterocycles. The first-order valence-corrected chi connectivity index (χ1v) is 7.25. The fraction of sp³-hybridized carbons (Fsp3) is 0.533. The van der Waals surface area contributed by atoms with Gasteiger partial charge in [-0.05, 0) is 32.9 Å². The highest BCUT2D eigenvalue weighted by Crippen LogP contribution is 2.31. The van der Waals surface area contributed by atoms with Crippen LogP contribution >= 0.6 is 0 Å².